The Kier molecular flexibility index (Phi) is 6.13. The van der Waals surface area contributed by atoms with Gasteiger partial charge in [-0.3, -0.25) is 4.79 Å². The monoisotopic (exact) mass is 308 g/mol. The van der Waals surface area contributed by atoms with Crippen LogP contribution in [0.4, 0.5) is 0 Å². The van der Waals surface area contributed by atoms with Crippen molar-refractivity contribution in [3.63, 3.8) is 0 Å². The number of ether oxygens (including phenoxy) is 1. The molecule has 22 heavy (non-hydrogen) atoms. The van der Waals surface area contributed by atoms with E-state index >= 15 is 0 Å². The number of carbonyl (C=O) groups excluding carboxylic acids is 1. The summed E-state index contributed by atoms with van der Waals surface area (Å²) in [6.07, 6.45) is 11.7. The second-order valence-electron chi connectivity index (χ2n) is 7.46. The fraction of sp³-hybridized carbons (Fsp3) is 0.944. The molecule has 2 aliphatic heterocycles. The summed E-state index contributed by atoms with van der Waals surface area (Å²) in [5.74, 6) is 1.40. The Labute approximate surface area is 135 Å². The number of piperidine rings is 1. The number of amides is 1. The molecular weight excluding hydrogens is 276 g/mol. The first kappa shape index (κ1) is 16.3. The van der Waals surface area contributed by atoms with Crippen LogP contribution in [0.25, 0.3) is 0 Å². The highest BCUT2D eigenvalue weighted by molar-refractivity contribution is 5.78. The number of hydrogen-bond acceptors (Lipinski definition) is 3. The summed E-state index contributed by atoms with van der Waals surface area (Å²) in [6.45, 7) is 5.05. The molecule has 2 heterocycles. The Morgan fingerprint density at radius 3 is 2.45 bits per heavy atom. The van der Waals surface area contributed by atoms with Crippen molar-refractivity contribution < 1.29 is 9.53 Å². The van der Waals surface area contributed by atoms with Crippen LogP contribution in [0, 0.1) is 11.8 Å². The third-order valence-electron chi connectivity index (χ3n) is 5.73. The van der Waals surface area contributed by atoms with E-state index in [1.54, 1.807) is 0 Å². The van der Waals surface area contributed by atoms with Gasteiger partial charge in [-0.1, -0.05) is 19.3 Å². The third kappa shape index (κ3) is 4.69. The zero-order chi connectivity index (χ0) is 15.2. The van der Waals surface area contributed by atoms with E-state index < -0.39 is 0 Å². The van der Waals surface area contributed by atoms with E-state index in [2.05, 4.69) is 10.2 Å². The second kappa shape index (κ2) is 8.30. The van der Waals surface area contributed by atoms with Gasteiger partial charge in [-0.15, -0.1) is 0 Å². The molecule has 0 aromatic rings. The van der Waals surface area contributed by atoms with Crippen LogP contribution in [0.3, 0.4) is 0 Å². The molecule has 1 amide bonds. The number of likely N-dealkylation sites (tertiary alicyclic amines) is 1. The summed E-state index contributed by atoms with van der Waals surface area (Å²) in [5.41, 5.74) is 0. The molecule has 4 heteroatoms. The van der Waals surface area contributed by atoms with Crippen LogP contribution in [0.5, 0.6) is 0 Å². The molecule has 1 saturated carbocycles. The lowest BCUT2D eigenvalue weighted by atomic mass is 9.88. The third-order valence-corrected chi connectivity index (χ3v) is 5.73. The Hall–Kier alpha value is -0.610. The summed E-state index contributed by atoms with van der Waals surface area (Å²) in [4.78, 5) is 14.9. The molecule has 2 saturated heterocycles. The molecule has 0 bridgehead atoms. The molecule has 126 valence electrons. The van der Waals surface area contributed by atoms with Gasteiger partial charge in [0.2, 0.25) is 5.91 Å². The van der Waals surface area contributed by atoms with Crippen molar-refractivity contribution in [1.82, 2.24) is 10.2 Å². The summed E-state index contributed by atoms with van der Waals surface area (Å²) >= 11 is 0. The van der Waals surface area contributed by atoms with Crippen molar-refractivity contribution in [2.45, 2.75) is 63.9 Å². The number of nitrogens with one attached hydrogen (secondary N) is 1. The van der Waals surface area contributed by atoms with Crippen LogP contribution < -0.4 is 5.32 Å². The van der Waals surface area contributed by atoms with Crippen LogP contribution in [-0.4, -0.2) is 49.7 Å². The van der Waals surface area contributed by atoms with Crippen molar-refractivity contribution in [3.05, 3.63) is 0 Å². The van der Waals surface area contributed by atoms with E-state index in [1.807, 2.05) is 0 Å². The molecule has 0 aromatic carbocycles. The number of carbonyl (C=O) groups is 1. The first-order valence-electron chi connectivity index (χ1n) is 9.43. The number of nitrogens with zero attached hydrogens (tertiary/aromatic N) is 1. The maximum Gasteiger partial charge on any atom is 0.223 e. The predicted molar refractivity (Wildman–Crippen MR) is 87.7 cm³/mol. The van der Waals surface area contributed by atoms with E-state index in [0.717, 1.165) is 51.3 Å². The van der Waals surface area contributed by atoms with Gasteiger partial charge in [-0.25, -0.2) is 0 Å². The number of hydrogen-bond donors (Lipinski definition) is 1. The van der Waals surface area contributed by atoms with Crippen LogP contribution in [-0.2, 0) is 9.53 Å². The minimum Gasteiger partial charge on any atom is -0.376 e. The molecule has 0 unspecified atom stereocenters. The molecule has 0 aromatic heterocycles. The lowest BCUT2D eigenvalue weighted by molar-refractivity contribution is -0.127. The van der Waals surface area contributed by atoms with Crippen molar-refractivity contribution in [2.75, 3.05) is 32.8 Å². The Balaban J connectivity index is 1.32. The van der Waals surface area contributed by atoms with Gasteiger partial charge in [0.15, 0.2) is 0 Å². The highest BCUT2D eigenvalue weighted by Crippen LogP contribution is 2.26. The van der Waals surface area contributed by atoms with Gasteiger partial charge >= 0.3 is 0 Å². The van der Waals surface area contributed by atoms with Gasteiger partial charge in [-0.2, -0.15) is 0 Å². The van der Waals surface area contributed by atoms with E-state index in [0.29, 0.717) is 6.54 Å². The first-order chi connectivity index (χ1) is 10.8. The SMILES string of the molecule is O=C(NC[C@@H]1CCCO1)C1CCN(CC2CCCCC2)CC1. The molecular formula is C18H32N2O2. The van der Waals surface area contributed by atoms with Crippen molar-refractivity contribution in [1.29, 1.82) is 0 Å². The van der Waals surface area contributed by atoms with Gasteiger partial charge in [0.25, 0.3) is 0 Å². The summed E-state index contributed by atoms with van der Waals surface area (Å²) in [7, 11) is 0. The highest BCUT2D eigenvalue weighted by atomic mass is 16.5. The van der Waals surface area contributed by atoms with Crippen LogP contribution in [0.1, 0.15) is 57.8 Å². The largest absolute Gasteiger partial charge is 0.376 e. The zero-order valence-electron chi connectivity index (χ0n) is 13.9. The van der Waals surface area contributed by atoms with Crippen molar-refractivity contribution >= 4 is 5.91 Å². The van der Waals surface area contributed by atoms with E-state index in [-0.39, 0.29) is 17.9 Å². The van der Waals surface area contributed by atoms with Crippen molar-refractivity contribution in [2.24, 2.45) is 11.8 Å². The summed E-state index contributed by atoms with van der Waals surface area (Å²) in [6, 6.07) is 0. The zero-order valence-corrected chi connectivity index (χ0v) is 13.9. The molecule has 3 aliphatic rings. The highest BCUT2D eigenvalue weighted by Gasteiger charge is 2.27. The van der Waals surface area contributed by atoms with Gasteiger partial charge in [0.05, 0.1) is 6.10 Å². The van der Waals surface area contributed by atoms with Gasteiger partial charge in [-0.05, 0) is 57.5 Å². The van der Waals surface area contributed by atoms with Gasteiger partial charge < -0.3 is 15.0 Å². The fourth-order valence-electron chi connectivity index (χ4n) is 4.28. The quantitative estimate of drug-likeness (QED) is 0.849. The van der Waals surface area contributed by atoms with Gasteiger partial charge in [0.1, 0.15) is 0 Å². The van der Waals surface area contributed by atoms with E-state index in [1.165, 1.54) is 38.6 Å². The average molecular weight is 308 g/mol. The molecule has 3 fully saturated rings. The Morgan fingerprint density at radius 2 is 1.77 bits per heavy atom. The minimum atomic E-state index is 0.226. The van der Waals surface area contributed by atoms with E-state index in [9.17, 15) is 4.79 Å². The normalized spacial score (nSPS) is 28.8. The fourth-order valence-corrected chi connectivity index (χ4v) is 4.28. The molecule has 0 spiro atoms. The smallest absolute Gasteiger partial charge is 0.223 e. The molecule has 0 radical (unpaired) electrons. The average Bonchev–Trinajstić information content (AvgIpc) is 3.08. The van der Waals surface area contributed by atoms with Crippen molar-refractivity contribution in [3.8, 4) is 0 Å². The molecule has 1 N–H and O–H groups in total. The van der Waals surface area contributed by atoms with Crippen LogP contribution in [0.15, 0.2) is 0 Å². The Bertz CT molecular complexity index is 341. The number of rotatable bonds is 5. The minimum absolute atomic E-state index is 0.226. The van der Waals surface area contributed by atoms with Gasteiger partial charge in [0, 0.05) is 25.6 Å². The molecule has 1 atom stereocenters. The second-order valence-corrected chi connectivity index (χ2v) is 7.46. The molecule has 4 nitrogen and oxygen atoms in total. The summed E-state index contributed by atoms with van der Waals surface area (Å²) in [5, 5.41) is 3.11. The summed E-state index contributed by atoms with van der Waals surface area (Å²) < 4.78 is 5.57. The molecule has 3 rings (SSSR count). The predicted octanol–water partition coefficient (Wildman–Crippen LogP) is 2.57. The first-order valence-corrected chi connectivity index (χ1v) is 9.43. The molecule has 1 aliphatic carbocycles. The van der Waals surface area contributed by atoms with Crippen LogP contribution in [0.2, 0.25) is 0 Å². The lowest BCUT2D eigenvalue weighted by Gasteiger charge is -2.35. The maximum atomic E-state index is 12.3. The maximum absolute atomic E-state index is 12.3. The topological polar surface area (TPSA) is 41.6 Å². The standard InChI is InChI=1S/C18H32N2O2/c21-18(19-13-17-7-4-12-22-17)16-8-10-20(11-9-16)14-15-5-2-1-3-6-15/h15-17H,1-14H2,(H,19,21)/t17-/m0/s1. The van der Waals surface area contributed by atoms with E-state index in [4.69, 9.17) is 4.74 Å². The Morgan fingerprint density at radius 1 is 1.00 bits per heavy atom. The lowest BCUT2D eigenvalue weighted by Crippen LogP contribution is -2.43. The van der Waals surface area contributed by atoms with Crippen LogP contribution >= 0.6 is 0 Å².